The van der Waals surface area contributed by atoms with E-state index in [1.165, 1.54) is 26.4 Å². The Morgan fingerprint density at radius 1 is 1.15 bits per heavy atom. The van der Waals surface area contributed by atoms with E-state index in [2.05, 4.69) is 0 Å². The van der Waals surface area contributed by atoms with Gasteiger partial charge in [0.05, 0.1) is 19.9 Å². The molecule has 0 aliphatic carbocycles. The summed E-state index contributed by atoms with van der Waals surface area (Å²) in [7, 11) is 3.00. The molecule has 5 heteroatoms. The predicted molar refractivity (Wildman–Crippen MR) is 52.9 cm³/mol. The number of anilines is 1. The molecule has 0 saturated carbocycles. The molecule has 0 heterocycles. The first-order chi connectivity index (χ1) is 5.69. The Morgan fingerprint density at radius 3 is 2.08 bits per heavy atom. The normalized spacial score (nSPS) is 8.77. The molecule has 1 aromatic rings. The standard InChI is InChI=1S/C8H11NO3.ClH/c1-11-7-3-5(9)6(10)4-8(7)12-2;/h3-4,10H,9H2,1-2H3;1H. The smallest absolute Gasteiger partial charge is 0.164 e. The van der Waals surface area contributed by atoms with Gasteiger partial charge in [0.15, 0.2) is 11.5 Å². The van der Waals surface area contributed by atoms with E-state index in [1.54, 1.807) is 0 Å². The summed E-state index contributed by atoms with van der Waals surface area (Å²) in [5, 5.41) is 9.19. The second-order valence-corrected chi connectivity index (χ2v) is 2.27. The van der Waals surface area contributed by atoms with Crippen LogP contribution in [0.5, 0.6) is 17.2 Å². The fraction of sp³-hybridized carbons (Fsp3) is 0.250. The van der Waals surface area contributed by atoms with E-state index in [-0.39, 0.29) is 23.8 Å². The third-order valence-corrected chi connectivity index (χ3v) is 1.53. The molecule has 0 spiro atoms. The molecule has 4 nitrogen and oxygen atoms in total. The molecule has 0 atom stereocenters. The first kappa shape index (κ1) is 11.7. The lowest BCUT2D eigenvalue weighted by Crippen LogP contribution is -1.93. The molecular formula is C8H12ClNO3. The fourth-order valence-corrected chi connectivity index (χ4v) is 0.884. The number of hydrogen-bond donors (Lipinski definition) is 2. The van der Waals surface area contributed by atoms with Crippen LogP contribution in [-0.4, -0.2) is 19.3 Å². The van der Waals surface area contributed by atoms with Crippen LogP contribution in [0, 0.1) is 0 Å². The van der Waals surface area contributed by atoms with Gasteiger partial charge >= 0.3 is 0 Å². The zero-order valence-corrected chi connectivity index (χ0v) is 8.22. The average Bonchev–Trinajstić information content (AvgIpc) is 2.09. The first-order valence-corrected chi connectivity index (χ1v) is 3.39. The highest BCUT2D eigenvalue weighted by Crippen LogP contribution is 2.35. The SMILES string of the molecule is COc1cc(N)c(O)cc1OC.Cl. The van der Waals surface area contributed by atoms with Gasteiger partial charge in [0.1, 0.15) is 5.75 Å². The van der Waals surface area contributed by atoms with Gasteiger partial charge in [-0.3, -0.25) is 0 Å². The summed E-state index contributed by atoms with van der Waals surface area (Å²) in [6.07, 6.45) is 0. The van der Waals surface area contributed by atoms with E-state index in [4.69, 9.17) is 15.2 Å². The van der Waals surface area contributed by atoms with Crippen molar-refractivity contribution >= 4 is 18.1 Å². The molecule has 74 valence electrons. The minimum absolute atomic E-state index is 0. The fourth-order valence-electron chi connectivity index (χ4n) is 0.884. The number of halogens is 1. The maximum atomic E-state index is 9.19. The van der Waals surface area contributed by atoms with Crippen molar-refractivity contribution in [2.75, 3.05) is 20.0 Å². The van der Waals surface area contributed by atoms with Crippen LogP contribution >= 0.6 is 12.4 Å². The number of phenolic OH excluding ortho intramolecular Hbond substituents is 1. The summed E-state index contributed by atoms with van der Waals surface area (Å²) in [5.41, 5.74) is 5.71. The summed E-state index contributed by atoms with van der Waals surface area (Å²) < 4.78 is 9.89. The molecule has 0 fully saturated rings. The van der Waals surface area contributed by atoms with Gasteiger partial charge in [-0.15, -0.1) is 12.4 Å². The average molecular weight is 206 g/mol. The van der Waals surface area contributed by atoms with E-state index >= 15 is 0 Å². The molecule has 0 unspecified atom stereocenters. The molecule has 0 aliphatic heterocycles. The molecule has 3 N–H and O–H groups in total. The van der Waals surface area contributed by atoms with Crippen LogP contribution in [0.4, 0.5) is 5.69 Å². The Labute approximate surface area is 82.7 Å². The molecule has 1 aromatic carbocycles. The van der Waals surface area contributed by atoms with Gasteiger partial charge in [0.25, 0.3) is 0 Å². The van der Waals surface area contributed by atoms with Crippen LogP contribution in [-0.2, 0) is 0 Å². The van der Waals surface area contributed by atoms with Crippen molar-refractivity contribution in [3.63, 3.8) is 0 Å². The predicted octanol–water partition coefficient (Wildman–Crippen LogP) is 1.41. The van der Waals surface area contributed by atoms with Crippen LogP contribution in [0.25, 0.3) is 0 Å². The molecule has 0 saturated heterocycles. The summed E-state index contributed by atoms with van der Waals surface area (Å²) >= 11 is 0. The molecule has 0 aromatic heterocycles. The zero-order chi connectivity index (χ0) is 9.14. The van der Waals surface area contributed by atoms with E-state index in [1.807, 2.05) is 0 Å². The van der Waals surface area contributed by atoms with Gasteiger partial charge in [-0.25, -0.2) is 0 Å². The van der Waals surface area contributed by atoms with E-state index in [0.717, 1.165) is 0 Å². The van der Waals surface area contributed by atoms with Gasteiger partial charge < -0.3 is 20.3 Å². The number of aromatic hydroxyl groups is 1. The van der Waals surface area contributed by atoms with E-state index < -0.39 is 0 Å². The quantitative estimate of drug-likeness (QED) is 0.566. The topological polar surface area (TPSA) is 64.7 Å². The van der Waals surface area contributed by atoms with Crippen molar-refractivity contribution in [2.45, 2.75) is 0 Å². The lowest BCUT2D eigenvalue weighted by atomic mass is 10.2. The summed E-state index contributed by atoms with van der Waals surface area (Å²) in [6, 6.07) is 2.92. The van der Waals surface area contributed by atoms with Crippen molar-refractivity contribution < 1.29 is 14.6 Å². The maximum absolute atomic E-state index is 9.19. The van der Waals surface area contributed by atoms with Crippen molar-refractivity contribution in [3.05, 3.63) is 12.1 Å². The van der Waals surface area contributed by atoms with Gasteiger partial charge in [-0.2, -0.15) is 0 Å². The monoisotopic (exact) mass is 205 g/mol. The molecule has 0 bridgehead atoms. The third kappa shape index (κ3) is 2.32. The van der Waals surface area contributed by atoms with Crippen LogP contribution in [0.2, 0.25) is 0 Å². The lowest BCUT2D eigenvalue weighted by molar-refractivity contribution is 0.352. The van der Waals surface area contributed by atoms with Gasteiger partial charge in [-0.1, -0.05) is 0 Å². The molecule has 0 amide bonds. The minimum atomic E-state index is -0.00681. The van der Waals surface area contributed by atoms with Gasteiger partial charge in [0.2, 0.25) is 0 Å². The van der Waals surface area contributed by atoms with Crippen molar-refractivity contribution in [3.8, 4) is 17.2 Å². The number of hydrogen-bond acceptors (Lipinski definition) is 4. The van der Waals surface area contributed by atoms with Gasteiger partial charge in [-0.05, 0) is 0 Å². The number of nitrogens with two attached hydrogens (primary N) is 1. The van der Waals surface area contributed by atoms with Crippen LogP contribution in [0.1, 0.15) is 0 Å². The highest BCUT2D eigenvalue weighted by atomic mass is 35.5. The number of phenols is 1. The Morgan fingerprint density at radius 2 is 1.62 bits per heavy atom. The highest BCUT2D eigenvalue weighted by Gasteiger charge is 2.07. The Bertz CT molecular complexity index is 262. The van der Waals surface area contributed by atoms with E-state index in [9.17, 15) is 5.11 Å². The van der Waals surface area contributed by atoms with Crippen molar-refractivity contribution in [2.24, 2.45) is 0 Å². The second-order valence-electron chi connectivity index (χ2n) is 2.27. The van der Waals surface area contributed by atoms with Crippen LogP contribution < -0.4 is 15.2 Å². The number of rotatable bonds is 2. The Hall–Kier alpha value is -1.29. The highest BCUT2D eigenvalue weighted by molar-refractivity contribution is 5.85. The largest absolute Gasteiger partial charge is 0.506 e. The number of methoxy groups -OCH3 is 2. The summed E-state index contributed by atoms with van der Waals surface area (Å²) in [6.45, 7) is 0. The molecule has 0 aliphatic rings. The van der Waals surface area contributed by atoms with E-state index in [0.29, 0.717) is 11.5 Å². The first-order valence-electron chi connectivity index (χ1n) is 3.39. The number of nitrogen functional groups attached to an aromatic ring is 1. The maximum Gasteiger partial charge on any atom is 0.164 e. The van der Waals surface area contributed by atoms with Crippen molar-refractivity contribution in [1.82, 2.24) is 0 Å². The zero-order valence-electron chi connectivity index (χ0n) is 7.40. The summed E-state index contributed by atoms with van der Waals surface area (Å²) in [4.78, 5) is 0. The minimum Gasteiger partial charge on any atom is -0.506 e. The Balaban J connectivity index is 0.00000144. The molecule has 0 radical (unpaired) electrons. The number of benzene rings is 1. The third-order valence-electron chi connectivity index (χ3n) is 1.53. The lowest BCUT2D eigenvalue weighted by Gasteiger charge is -2.08. The molecule has 13 heavy (non-hydrogen) atoms. The summed E-state index contributed by atoms with van der Waals surface area (Å²) in [5.74, 6) is 0.963. The second kappa shape index (κ2) is 4.67. The number of ether oxygens (including phenoxy) is 2. The Kier molecular flexibility index (Phi) is 4.20. The van der Waals surface area contributed by atoms with Crippen LogP contribution in [0.15, 0.2) is 12.1 Å². The molecule has 1 rings (SSSR count). The molecular weight excluding hydrogens is 194 g/mol. The van der Waals surface area contributed by atoms with Crippen LogP contribution in [0.3, 0.4) is 0 Å². The van der Waals surface area contributed by atoms with Gasteiger partial charge in [0, 0.05) is 12.1 Å². The van der Waals surface area contributed by atoms with Crippen molar-refractivity contribution in [1.29, 1.82) is 0 Å².